The minimum absolute atomic E-state index is 0.305. The highest BCUT2D eigenvalue weighted by molar-refractivity contribution is 9.10. The van der Waals surface area contributed by atoms with Gasteiger partial charge in [-0.15, -0.1) is 0 Å². The highest BCUT2D eigenvalue weighted by Gasteiger charge is 2.14. The number of halogens is 4. The Morgan fingerprint density at radius 1 is 1.26 bits per heavy atom. The van der Waals surface area contributed by atoms with Crippen molar-refractivity contribution in [3.05, 3.63) is 43.1 Å². The lowest BCUT2D eigenvalue weighted by molar-refractivity contribution is 0.294. The van der Waals surface area contributed by atoms with Crippen molar-refractivity contribution in [1.29, 1.82) is 0 Å². The second-order valence-corrected chi connectivity index (χ2v) is 6.00. The third kappa shape index (κ3) is 3.19. The van der Waals surface area contributed by atoms with Crippen molar-refractivity contribution in [2.45, 2.75) is 13.5 Å². The molecule has 0 spiro atoms. The van der Waals surface area contributed by atoms with Gasteiger partial charge in [-0.25, -0.2) is 0 Å². The summed E-state index contributed by atoms with van der Waals surface area (Å²) < 4.78 is 8.33. The minimum Gasteiger partial charge on any atom is -0.484 e. The van der Waals surface area contributed by atoms with Gasteiger partial charge in [0.15, 0.2) is 5.75 Å². The molecule has 0 aliphatic heterocycles. The van der Waals surface area contributed by atoms with E-state index < -0.39 is 0 Å². The molecule has 3 nitrogen and oxygen atoms in total. The van der Waals surface area contributed by atoms with Gasteiger partial charge in [-0.05, 0) is 35.0 Å². The first-order valence-corrected chi connectivity index (χ1v) is 7.28. The summed E-state index contributed by atoms with van der Waals surface area (Å²) in [6.07, 6.45) is 0. The van der Waals surface area contributed by atoms with Crippen LogP contribution in [0.15, 0.2) is 16.6 Å². The molecule has 0 radical (unpaired) electrons. The second-order valence-electron chi connectivity index (χ2n) is 3.96. The molecule has 1 heterocycles. The SMILES string of the molecule is Cc1nn(C)c(COc2c(Cl)cc(Cl)cc2Cl)c1Br. The molecule has 1 aromatic carbocycles. The fraction of sp³-hybridized carbons (Fsp3) is 0.250. The van der Waals surface area contributed by atoms with Gasteiger partial charge < -0.3 is 4.74 Å². The summed E-state index contributed by atoms with van der Waals surface area (Å²) in [7, 11) is 1.85. The molecule has 102 valence electrons. The molecule has 2 aromatic rings. The summed E-state index contributed by atoms with van der Waals surface area (Å²) in [4.78, 5) is 0. The number of rotatable bonds is 3. The third-order valence-corrected chi connectivity index (χ3v) is 4.39. The van der Waals surface area contributed by atoms with Crippen molar-refractivity contribution in [2.75, 3.05) is 0 Å². The summed E-state index contributed by atoms with van der Waals surface area (Å²) in [6, 6.07) is 3.18. The van der Waals surface area contributed by atoms with Gasteiger partial charge in [0.2, 0.25) is 0 Å². The lowest BCUT2D eigenvalue weighted by atomic mass is 10.3. The number of aromatic nitrogens is 2. The van der Waals surface area contributed by atoms with Crippen LogP contribution in [0.3, 0.4) is 0 Å². The molecule has 2 rings (SSSR count). The van der Waals surface area contributed by atoms with Crippen LogP contribution in [0, 0.1) is 6.92 Å². The number of aryl methyl sites for hydroxylation is 2. The first kappa shape index (κ1) is 15.0. The number of ether oxygens (including phenoxy) is 1. The van der Waals surface area contributed by atoms with Gasteiger partial charge in [0.25, 0.3) is 0 Å². The van der Waals surface area contributed by atoms with Crippen LogP contribution in [-0.4, -0.2) is 9.78 Å². The Hall–Kier alpha value is -0.420. The highest BCUT2D eigenvalue weighted by Crippen LogP contribution is 2.36. The number of benzene rings is 1. The molecule has 0 unspecified atom stereocenters. The molecule has 0 saturated heterocycles. The van der Waals surface area contributed by atoms with Gasteiger partial charge in [0, 0.05) is 12.1 Å². The maximum atomic E-state index is 6.06. The van der Waals surface area contributed by atoms with Crippen molar-refractivity contribution in [2.24, 2.45) is 7.05 Å². The second kappa shape index (κ2) is 5.92. The van der Waals surface area contributed by atoms with Crippen molar-refractivity contribution in [1.82, 2.24) is 9.78 Å². The van der Waals surface area contributed by atoms with E-state index in [1.807, 2.05) is 14.0 Å². The molecule has 0 atom stereocenters. The van der Waals surface area contributed by atoms with E-state index in [-0.39, 0.29) is 0 Å². The molecule has 0 amide bonds. The van der Waals surface area contributed by atoms with Gasteiger partial charge in [0.05, 0.1) is 25.9 Å². The average Bonchev–Trinajstić information content (AvgIpc) is 2.53. The zero-order valence-electron chi connectivity index (χ0n) is 10.2. The van der Waals surface area contributed by atoms with E-state index in [1.165, 1.54) is 0 Å². The number of hydrogen-bond donors (Lipinski definition) is 0. The molecule has 0 bridgehead atoms. The molecule has 0 fully saturated rings. The zero-order valence-corrected chi connectivity index (χ0v) is 14.0. The lowest BCUT2D eigenvalue weighted by Gasteiger charge is -2.11. The smallest absolute Gasteiger partial charge is 0.157 e. The van der Waals surface area contributed by atoms with Crippen molar-refractivity contribution in [3.63, 3.8) is 0 Å². The predicted molar refractivity (Wildman–Crippen MR) is 81.4 cm³/mol. The largest absolute Gasteiger partial charge is 0.484 e. The van der Waals surface area contributed by atoms with E-state index in [0.29, 0.717) is 27.4 Å². The van der Waals surface area contributed by atoms with Gasteiger partial charge in [0.1, 0.15) is 6.61 Å². The number of nitrogens with zero attached hydrogens (tertiary/aromatic N) is 2. The van der Waals surface area contributed by atoms with Crippen LogP contribution in [0.1, 0.15) is 11.4 Å². The van der Waals surface area contributed by atoms with Crippen LogP contribution in [0.4, 0.5) is 0 Å². The Labute approximate surface area is 134 Å². The van der Waals surface area contributed by atoms with E-state index in [4.69, 9.17) is 39.5 Å². The van der Waals surface area contributed by atoms with E-state index in [2.05, 4.69) is 21.0 Å². The Bertz CT molecular complexity index is 605. The predicted octanol–water partition coefficient (Wildman–Crippen LogP) is 5.03. The Kier molecular flexibility index (Phi) is 4.66. The molecule has 0 N–H and O–H groups in total. The average molecular weight is 384 g/mol. The van der Waals surface area contributed by atoms with Crippen LogP contribution in [0.25, 0.3) is 0 Å². The van der Waals surface area contributed by atoms with Crippen molar-refractivity contribution in [3.8, 4) is 5.75 Å². The minimum atomic E-state index is 0.305. The third-order valence-electron chi connectivity index (χ3n) is 2.58. The van der Waals surface area contributed by atoms with Crippen LogP contribution in [0.5, 0.6) is 5.75 Å². The van der Waals surface area contributed by atoms with Crippen LogP contribution in [-0.2, 0) is 13.7 Å². The molecule has 1 aromatic heterocycles. The van der Waals surface area contributed by atoms with Crippen molar-refractivity contribution < 1.29 is 4.74 Å². The first-order valence-electron chi connectivity index (χ1n) is 5.35. The fourth-order valence-electron chi connectivity index (χ4n) is 1.64. The quantitative estimate of drug-likeness (QED) is 0.742. The Morgan fingerprint density at radius 2 is 1.84 bits per heavy atom. The lowest BCUT2D eigenvalue weighted by Crippen LogP contribution is -2.04. The van der Waals surface area contributed by atoms with Gasteiger partial charge in [-0.1, -0.05) is 34.8 Å². The van der Waals surface area contributed by atoms with Gasteiger partial charge >= 0.3 is 0 Å². The first-order chi connectivity index (χ1) is 8.90. The van der Waals surface area contributed by atoms with Crippen molar-refractivity contribution >= 4 is 50.7 Å². The van der Waals surface area contributed by atoms with Crippen LogP contribution in [0.2, 0.25) is 15.1 Å². The maximum absolute atomic E-state index is 6.06. The number of hydrogen-bond acceptors (Lipinski definition) is 2. The molecule has 0 aliphatic carbocycles. The monoisotopic (exact) mass is 382 g/mol. The molecule has 0 saturated carbocycles. The highest BCUT2D eigenvalue weighted by atomic mass is 79.9. The van der Waals surface area contributed by atoms with E-state index >= 15 is 0 Å². The van der Waals surface area contributed by atoms with E-state index in [0.717, 1.165) is 15.9 Å². The van der Waals surface area contributed by atoms with Crippen LogP contribution < -0.4 is 4.74 Å². The summed E-state index contributed by atoms with van der Waals surface area (Å²) in [5.41, 5.74) is 1.80. The van der Waals surface area contributed by atoms with Gasteiger partial charge in [-0.3, -0.25) is 4.68 Å². The summed E-state index contributed by atoms with van der Waals surface area (Å²) in [5, 5.41) is 5.52. The summed E-state index contributed by atoms with van der Waals surface area (Å²) in [5.74, 6) is 0.415. The zero-order chi connectivity index (χ0) is 14.2. The molecule has 7 heteroatoms. The molecule has 19 heavy (non-hydrogen) atoms. The van der Waals surface area contributed by atoms with E-state index in [1.54, 1.807) is 16.8 Å². The van der Waals surface area contributed by atoms with E-state index in [9.17, 15) is 0 Å². The maximum Gasteiger partial charge on any atom is 0.157 e. The molecular formula is C12H10BrCl3N2O. The molecular weight excluding hydrogens is 374 g/mol. The standard InChI is InChI=1S/C12H10BrCl3N2O/c1-6-11(13)10(18(2)17-6)5-19-12-8(15)3-7(14)4-9(12)16/h3-4H,5H2,1-2H3. The summed E-state index contributed by atoms with van der Waals surface area (Å²) in [6.45, 7) is 2.22. The Morgan fingerprint density at radius 3 is 2.32 bits per heavy atom. The van der Waals surface area contributed by atoms with Gasteiger partial charge in [-0.2, -0.15) is 5.10 Å². The summed E-state index contributed by atoms with van der Waals surface area (Å²) >= 11 is 21.4. The van der Waals surface area contributed by atoms with Crippen LogP contribution >= 0.6 is 50.7 Å². The normalized spacial score (nSPS) is 10.8. The molecule has 0 aliphatic rings. The topological polar surface area (TPSA) is 27.1 Å². The Balaban J connectivity index is 2.24. The fourth-order valence-corrected chi connectivity index (χ4v) is 3.02.